The number of benzene rings is 2. The Morgan fingerprint density at radius 2 is 1.92 bits per heavy atom. The SMILES string of the molecule is COCCOC1(c2ccc(Cl)cc2)OC(=O)Nc2ccc(C)cc21. The molecule has 0 saturated heterocycles. The molecule has 3 rings (SSSR count). The molecule has 126 valence electrons. The summed E-state index contributed by atoms with van der Waals surface area (Å²) in [6.45, 7) is 2.61. The molecular formula is C18H18ClNO4. The summed E-state index contributed by atoms with van der Waals surface area (Å²) in [6.07, 6.45) is -0.571. The van der Waals surface area contributed by atoms with Gasteiger partial charge in [-0.2, -0.15) is 0 Å². The number of nitrogens with one attached hydrogen (secondary N) is 1. The summed E-state index contributed by atoms with van der Waals surface area (Å²) in [7, 11) is 1.59. The zero-order valence-electron chi connectivity index (χ0n) is 13.5. The number of methoxy groups -OCH3 is 1. The molecule has 6 heteroatoms. The number of anilines is 1. The van der Waals surface area contributed by atoms with Crippen LogP contribution in [-0.4, -0.2) is 26.4 Å². The maximum Gasteiger partial charge on any atom is 0.414 e. The molecule has 1 unspecified atom stereocenters. The first kappa shape index (κ1) is 16.8. The van der Waals surface area contributed by atoms with Crippen molar-refractivity contribution in [3.05, 3.63) is 64.2 Å². The van der Waals surface area contributed by atoms with E-state index in [9.17, 15) is 4.79 Å². The van der Waals surface area contributed by atoms with Gasteiger partial charge in [-0.05, 0) is 31.2 Å². The quantitative estimate of drug-likeness (QED) is 0.828. The number of rotatable bonds is 5. The van der Waals surface area contributed by atoms with E-state index >= 15 is 0 Å². The molecule has 5 nitrogen and oxygen atoms in total. The van der Waals surface area contributed by atoms with E-state index in [1.54, 1.807) is 31.4 Å². The van der Waals surface area contributed by atoms with Crippen molar-refractivity contribution >= 4 is 23.4 Å². The van der Waals surface area contributed by atoms with Gasteiger partial charge < -0.3 is 14.2 Å². The highest BCUT2D eigenvalue weighted by atomic mass is 35.5. The van der Waals surface area contributed by atoms with E-state index in [1.165, 1.54) is 0 Å². The normalized spacial score (nSPS) is 19.4. The summed E-state index contributed by atoms with van der Waals surface area (Å²) in [6, 6.07) is 12.8. The molecule has 0 bridgehead atoms. The zero-order valence-corrected chi connectivity index (χ0v) is 14.2. The lowest BCUT2D eigenvalue weighted by atomic mass is 9.93. The minimum absolute atomic E-state index is 0.264. The minimum Gasteiger partial charge on any atom is -0.408 e. The van der Waals surface area contributed by atoms with E-state index in [0.29, 0.717) is 22.9 Å². The summed E-state index contributed by atoms with van der Waals surface area (Å²) < 4.78 is 16.8. The van der Waals surface area contributed by atoms with Gasteiger partial charge in [0.15, 0.2) is 0 Å². The third-order valence-electron chi connectivity index (χ3n) is 3.82. The van der Waals surface area contributed by atoms with Crippen LogP contribution in [0.1, 0.15) is 16.7 Å². The van der Waals surface area contributed by atoms with Crippen LogP contribution in [-0.2, 0) is 20.0 Å². The maximum absolute atomic E-state index is 12.1. The van der Waals surface area contributed by atoms with E-state index in [-0.39, 0.29) is 6.61 Å². The molecule has 24 heavy (non-hydrogen) atoms. The van der Waals surface area contributed by atoms with E-state index in [2.05, 4.69) is 5.32 Å². The molecule has 2 aromatic rings. The zero-order chi connectivity index (χ0) is 17.2. The Morgan fingerprint density at radius 3 is 2.62 bits per heavy atom. The first-order valence-electron chi connectivity index (χ1n) is 7.55. The van der Waals surface area contributed by atoms with E-state index in [1.807, 2.05) is 25.1 Å². The van der Waals surface area contributed by atoms with Crippen LogP contribution in [0, 0.1) is 6.92 Å². The van der Waals surface area contributed by atoms with Gasteiger partial charge in [0, 0.05) is 17.7 Å². The topological polar surface area (TPSA) is 56.8 Å². The Morgan fingerprint density at radius 1 is 1.17 bits per heavy atom. The van der Waals surface area contributed by atoms with Crippen LogP contribution in [0.15, 0.2) is 42.5 Å². The van der Waals surface area contributed by atoms with Gasteiger partial charge >= 0.3 is 6.09 Å². The van der Waals surface area contributed by atoms with Gasteiger partial charge in [0.05, 0.1) is 24.5 Å². The van der Waals surface area contributed by atoms with E-state index in [0.717, 1.165) is 11.1 Å². The van der Waals surface area contributed by atoms with Crippen molar-refractivity contribution in [1.29, 1.82) is 0 Å². The van der Waals surface area contributed by atoms with Crippen molar-refractivity contribution < 1.29 is 19.0 Å². The van der Waals surface area contributed by atoms with Gasteiger partial charge in [-0.1, -0.05) is 35.4 Å². The highest BCUT2D eigenvalue weighted by molar-refractivity contribution is 6.30. The number of hydrogen-bond donors (Lipinski definition) is 1. The maximum atomic E-state index is 12.1. The standard InChI is InChI=1S/C18H18ClNO4/c1-12-3-8-16-15(11-12)18(23-10-9-22-2,24-17(21)20-16)13-4-6-14(19)7-5-13/h3-8,11H,9-10H2,1-2H3,(H,20,21). The number of aryl methyl sites for hydroxylation is 1. The number of carbonyl (C=O) groups is 1. The molecule has 1 aliphatic rings. The molecule has 0 radical (unpaired) electrons. The Kier molecular flexibility index (Phi) is 4.76. The fourth-order valence-electron chi connectivity index (χ4n) is 2.70. The molecule has 1 N–H and O–H groups in total. The molecule has 1 atom stereocenters. The molecule has 2 aromatic carbocycles. The smallest absolute Gasteiger partial charge is 0.408 e. The highest BCUT2D eigenvalue weighted by Crippen LogP contribution is 2.43. The van der Waals surface area contributed by atoms with Crippen LogP contribution in [0.25, 0.3) is 0 Å². The lowest BCUT2D eigenvalue weighted by Gasteiger charge is -2.38. The largest absolute Gasteiger partial charge is 0.414 e. The Balaban J connectivity index is 2.15. The Hall–Kier alpha value is -2.08. The average Bonchev–Trinajstić information content (AvgIpc) is 2.56. The monoisotopic (exact) mass is 347 g/mol. The molecule has 0 spiro atoms. The molecule has 0 fully saturated rings. The molecule has 1 heterocycles. The molecule has 1 aliphatic heterocycles. The third-order valence-corrected chi connectivity index (χ3v) is 4.07. The number of fused-ring (bicyclic) bond motifs is 1. The number of cyclic esters (lactones) is 1. The van der Waals surface area contributed by atoms with Gasteiger partial charge in [-0.3, -0.25) is 5.32 Å². The summed E-state index contributed by atoms with van der Waals surface area (Å²) in [4.78, 5) is 12.1. The average molecular weight is 348 g/mol. The number of amides is 1. The first-order chi connectivity index (χ1) is 11.5. The third kappa shape index (κ3) is 3.11. The van der Waals surface area contributed by atoms with Gasteiger partial charge in [0.2, 0.25) is 0 Å². The van der Waals surface area contributed by atoms with Crippen LogP contribution in [0.5, 0.6) is 0 Å². The molecule has 0 aromatic heterocycles. The van der Waals surface area contributed by atoms with Crippen molar-refractivity contribution in [2.45, 2.75) is 12.7 Å². The van der Waals surface area contributed by atoms with Crippen molar-refractivity contribution in [3.63, 3.8) is 0 Å². The van der Waals surface area contributed by atoms with E-state index < -0.39 is 11.9 Å². The Bertz CT molecular complexity index is 747. The number of carbonyl (C=O) groups excluding carboxylic acids is 1. The minimum atomic E-state index is -1.34. The van der Waals surface area contributed by atoms with Crippen molar-refractivity contribution in [1.82, 2.24) is 0 Å². The molecular weight excluding hydrogens is 330 g/mol. The van der Waals surface area contributed by atoms with Crippen LogP contribution in [0.2, 0.25) is 5.02 Å². The first-order valence-corrected chi connectivity index (χ1v) is 7.93. The summed E-state index contributed by atoms with van der Waals surface area (Å²) in [5.41, 5.74) is 3.11. The Labute approximate surface area is 145 Å². The molecule has 0 saturated carbocycles. The number of hydrogen-bond acceptors (Lipinski definition) is 4. The summed E-state index contributed by atoms with van der Waals surface area (Å²) in [5.74, 6) is -1.34. The van der Waals surface area contributed by atoms with Gasteiger partial charge in [-0.15, -0.1) is 0 Å². The van der Waals surface area contributed by atoms with Crippen LogP contribution < -0.4 is 5.32 Å². The number of ether oxygens (including phenoxy) is 3. The molecule has 0 aliphatic carbocycles. The predicted molar refractivity (Wildman–Crippen MR) is 91.3 cm³/mol. The lowest BCUT2D eigenvalue weighted by Crippen LogP contribution is -2.43. The van der Waals surface area contributed by atoms with Crippen molar-refractivity contribution in [2.24, 2.45) is 0 Å². The van der Waals surface area contributed by atoms with Gasteiger partial charge in [-0.25, -0.2) is 4.79 Å². The predicted octanol–water partition coefficient (Wildman–Crippen LogP) is 4.07. The van der Waals surface area contributed by atoms with Crippen molar-refractivity contribution in [3.8, 4) is 0 Å². The van der Waals surface area contributed by atoms with Gasteiger partial charge in [0.25, 0.3) is 5.79 Å². The van der Waals surface area contributed by atoms with Gasteiger partial charge in [0.1, 0.15) is 0 Å². The molecule has 1 amide bonds. The van der Waals surface area contributed by atoms with Crippen LogP contribution in [0.3, 0.4) is 0 Å². The number of halogens is 1. The van der Waals surface area contributed by atoms with Crippen LogP contribution >= 0.6 is 11.6 Å². The lowest BCUT2D eigenvalue weighted by molar-refractivity contribution is -0.186. The summed E-state index contributed by atoms with van der Waals surface area (Å²) in [5, 5.41) is 3.31. The highest BCUT2D eigenvalue weighted by Gasteiger charge is 2.45. The fraction of sp³-hybridized carbons (Fsp3) is 0.278. The second-order valence-electron chi connectivity index (χ2n) is 5.53. The summed E-state index contributed by atoms with van der Waals surface area (Å²) >= 11 is 6.00. The van der Waals surface area contributed by atoms with E-state index in [4.69, 9.17) is 25.8 Å². The van der Waals surface area contributed by atoms with Crippen molar-refractivity contribution in [2.75, 3.05) is 25.6 Å². The van der Waals surface area contributed by atoms with Crippen LogP contribution in [0.4, 0.5) is 10.5 Å². The fourth-order valence-corrected chi connectivity index (χ4v) is 2.83. The second kappa shape index (κ2) is 6.81. The second-order valence-corrected chi connectivity index (χ2v) is 5.96.